The molecule has 1 amide bonds. The van der Waals surface area contributed by atoms with Crippen molar-refractivity contribution in [1.82, 2.24) is 5.32 Å². The van der Waals surface area contributed by atoms with Gasteiger partial charge in [0.25, 0.3) is 15.9 Å². The quantitative estimate of drug-likeness (QED) is 0.391. The lowest BCUT2D eigenvalue weighted by Crippen LogP contribution is -2.26. The second-order valence-corrected chi connectivity index (χ2v) is 11.1. The van der Waals surface area contributed by atoms with Crippen LogP contribution in [0.3, 0.4) is 0 Å². The largest absolute Gasteiger partial charge is 0.495 e. The summed E-state index contributed by atoms with van der Waals surface area (Å²) in [5, 5.41) is 3.90. The summed E-state index contributed by atoms with van der Waals surface area (Å²) in [6, 6.07) is 11.4. The Bertz CT molecular complexity index is 1240. The van der Waals surface area contributed by atoms with E-state index in [1.807, 2.05) is 19.9 Å². The number of ether oxygens (including phenoxy) is 2. The summed E-state index contributed by atoms with van der Waals surface area (Å²) in [4.78, 5) is 13.1. The first-order valence-electron chi connectivity index (χ1n) is 10.4. The highest BCUT2D eigenvalue weighted by Crippen LogP contribution is 2.33. The third-order valence-corrected chi connectivity index (χ3v) is 8.12. The molecular formula is C23H27ClN2O5S2. The van der Waals surface area contributed by atoms with Crippen LogP contribution >= 0.6 is 22.9 Å². The van der Waals surface area contributed by atoms with Crippen molar-refractivity contribution in [2.75, 3.05) is 31.6 Å². The number of nitrogens with one attached hydrogen (secondary N) is 1. The number of carbonyl (C=O) groups is 1. The smallest absolute Gasteiger partial charge is 0.264 e. The Labute approximate surface area is 203 Å². The SMILES string of the molecule is COc1ccc(S(=O)(=O)N(C)c2ccc3sc(C(=O)NCCCOC(C)C)cc3c2)cc1Cl. The van der Waals surface area contributed by atoms with Gasteiger partial charge in [0.1, 0.15) is 5.75 Å². The Hall–Kier alpha value is -2.33. The molecular weight excluding hydrogens is 484 g/mol. The highest BCUT2D eigenvalue weighted by Gasteiger charge is 2.23. The standard InChI is InChI=1S/C23H27ClN2O5S2/c1-15(2)31-11-5-10-25-23(27)22-13-16-12-17(6-9-21(16)32-22)26(3)33(28,29)18-7-8-20(30-4)19(24)14-18/h6-9,12-15H,5,10-11H2,1-4H3,(H,25,27). The fourth-order valence-corrected chi connectivity index (χ4v) is 5.62. The fourth-order valence-electron chi connectivity index (χ4n) is 3.12. The summed E-state index contributed by atoms with van der Waals surface area (Å²) in [6.45, 7) is 5.06. The normalized spacial score (nSPS) is 11.7. The van der Waals surface area contributed by atoms with Crippen LogP contribution in [0, 0.1) is 0 Å². The third kappa shape index (κ3) is 5.97. The molecule has 1 heterocycles. The fraction of sp³-hybridized carbons (Fsp3) is 0.348. The molecule has 178 valence electrons. The van der Waals surface area contributed by atoms with Crippen LogP contribution in [-0.2, 0) is 14.8 Å². The van der Waals surface area contributed by atoms with Crippen molar-refractivity contribution in [3.63, 3.8) is 0 Å². The number of thiophene rings is 1. The topological polar surface area (TPSA) is 84.9 Å². The highest BCUT2D eigenvalue weighted by molar-refractivity contribution is 7.92. The van der Waals surface area contributed by atoms with Gasteiger partial charge in [0.2, 0.25) is 0 Å². The van der Waals surface area contributed by atoms with Crippen molar-refractivity contribution < 1.29 is 22.7 Å². The van der Waals surface area contributed by atoms with Crippen LogP contribution < -0.4 is 14.4 Å². The number of anilines is 1. The number of sulfonamides is 1. The molecule has 33 heavy (non-hydrogen) atoms. The summed E-state index contributed by atoms with van der Waals surface area (Å²) < 4.78 is 38.9. The molecule has 0 saturated heterocycles. The van der Waals surface area contributed by atoms with E-state index in [1.165, 1.54) is 48.0 Å². The van der Waals surface area contributed by atoms with E-state index >= 15 is 0 Å². The summed E-state index contributed by atoms with van der Waals surface area (Å²) in [7, 11) is -0.890. The van der Waals surface area contributed by atoms with Crippen LogP contribution in [0.5, 0.6) is 5.75 Å². The Kier molecular flexibility index (Phi) is 8.23. The summed E-state index contributed by atoms with van der Waals surface area (Å²) >= 11 is 7.47. The number of rotatable bonds is 10. The van der Waals surface area contributed by atoms with Gasteiger partial charge in [-0.15, -0.1) is 11.3 Å². The van der Waals surface area contributed by atoms with E-state index in [-0.39, 0.29) is 21.9 Å². The van der Waals surface area contributed by atoms with Gasteiger partial charge in [-0.2, -0.15) is 0 Å². The van der Waals surface area contributed by atoms with Gasteiger partial charge in [-0.1, -0.05) is 11.6 Å². The van der Waals surface area contributed by atoms with Crippen molar-refractivity contribution in [3.05, 3.63) is 52.4 Å². The van der Waals surface area contributed by atoms with Gasteiger partial charge in [0.15, 0.2) is 0 Å². The van der Waals surface area contributed by atoms with Gasteiger partial charge in [0, 0.05) is 24.9 Å². The number of hydrogen-bond donors (Lipinski definition) is 1. The van der Waals surface area contributed by atoms with Crippen molar-refractivity contribution in [2.45, 2.75) is 31.3 Å². The molecule has 3 rings (SSSR count). The lowest BCUT2D eigenvalue weighted by molar-refractivity contribution is 0.0757. The van der Waals surface area contributed by atoms with Crippen molar-refractivity contribution in [2.24, 2.45) is 0 Å². The number of halogens is 1. The first-order valence-corrected chi connectivity index (χ1v) is 13.0. The maximum absolute atomic E-state index is 13.1. The summed E-state index contributed by atoms with van der Waals surface area (Å²) in [5.74, 6) is 0.243. The van der Waals surface area contributed by atoms with Gasteiger partial charge >= 0.3 is 0 Å². The van der Waals surface area contributed by atoms with Gasteiger partial charge in [-0.25, -0.2) is 8.42 Å². The molecule has 1 N–H and O–H groups in total. The minimum Gasteiger partial charge on any atom is -0.495 e. The predicted molar refractivity (Wildman–Crippen MR) is 133 cm³/mol. The van der Waals surface area contributed by atoms with Gasteiger partial charge in [0.05, 0.1) is 33.7 Å². The van der Waals surface area contributed by atoms with Crippen LogP contribution in [0.4, 0.5) is 5.69 Å². The second-order valence-electron chi connectivity index (χ2n) is 7.63. The molecule has 0 aliphatic carbocycles. The molecule has 0 aliphatic rings. The van der Waals surface area contributed by atoms with E-state index in [0.29, 0.717) is 29.5 Å². The van der Waals surface area contributed by atoms with Crippen LogP contribution in [-0.4, -0.2) is 47.7 Å². The number of hydrogen-bond acceptors (Lipinski definition) is 6. The van der Waals surface area contributed by atoms with Crippen LogP contribution in [0.15, 0.2) is 47.4 Å². The molecule has 0 saturated carbocycles. The van der Waals surface area contributed by atoms with Crippen LogP contribution in [0.25, 0.3) is 10.1 Å². The molecule has 3 aromatic rings. The average molecular weight is 511 g/mol. The minimum atomic E-state index is -3.84. The predicted octanol–water partition coefficient (Wildman–Crippen LogP) is 4.93. The monoisotopic (exact) mass is 510 g/mol. The van der Waals surface area contributed by atoms with Crippen molar-refractivity contribution in [3.8, 4) is 5.75 Å². The molecule has 0 spiro atoms. The number of nitrogens with zero attached hydrogens (tertiary/aromatic N) is 1. The highest BCUT2D eigenvalue weighted by atomic mass is 35.5. The molecule has 7 nitrogen and oxygen atoms in total. The van der Waals surface area contributed by atoms with E-state index < -0.39 is 10.0 Å². The van der Waals surface area contributed by atoms with Crippen LogP contribution in [0.2, 0.25) is 5.02 Å². The van der Waals surface area contributed by atoms with Crippen LogP contribution in [0.1, 0.15) is 29.9 Å². The van der Waals surface area contributed by atoms with E-state index in [1.54, 1.807) is 18.2 Å². The van der Waals surface area contributed by atoms with Gasteiger partial charge in [-0.3, -0.25) is 9.10 Å². The maximum atomic E-state index is 13.1. The Morgan fingerprint density at radius 1 is 1.18 bits per heavy atom. The number of fused-ring (bicyclic) bond motifs is 1. The van der Waals surface area contributed by atoms with Crippen molar-refractivity contribution in [1.29, 1.82) is 0 Å². The number of methoxy groups -OCH3 is 1. The number of benzene rings is 2. The molecule has 10 heteroatoms. The first kappa shape index (κ1) is 25.3. The zero-order valence-corrected chi connectivity index (χ0v) is 21.3. The Balaban J connectivity index is 1.75. The molecule has 0 fully saturated rings. The Morgan fingerprint density at radius 3 is 2.61 bits per heavy atom. The lowest BCUT2D eigenvalue weighted by Gasteiger charge is -2.20. The van der Waals surface area contributed by atoms with Gasteiger partial charge in [-0.05, 0) is 68.1 Å². The first-order chi connectivity index (χ1) is 15.6. The lowest BCUT2D eigenvalue weighted by atomic mass is 10.2. The molecule has 1 aromatic heterocycles. The Morgan fingerprint density at radius 2 is 1.94 bits per heavy atom. The maximum Gasteiger partial charge on any atom is 0.264 e. The molecule has 0 bridgehead atoms. The molecule has 2 aromatic carbocycles. The van der Waals surface area contributed by atoms with E-state index in [2.05, 4.69) is 5.32 Å². The zero-order chi connectivity index (χ0) is 24.2. The van der Waals surface area contributed by atoms with Crippen molar-refractivity contribution >= 4 is 54.6 Å². The molecule has 0 aliphatic heterocycles. The summed E-state index contributed by atoms with van der Waals surface area (Å²) in [6.07, 6.45) is 0.901. The number of carbonyl (C=O) groups excluding carboxylic acids is 1. The molecule has 0 radical (unpaired) electrons. The van der Waals surface area contributed by atoms with E-state index in [0.717, 1.165) is 16.5 Å². The van der Waals surface area contributed by atoms with E-state index in [9.17, 15) is 13.2 Å². The average Bonchev–Trinajstić information content (AvgIpc) is 3.21. The second kappa shape index (κ2) is 10.7. The third-order valence-electron chi connectivity index (χ3n) is 4.93. The van der Waals surface area contributed by atoms with Gasteiger partial charge < -0.3 is 14.8 Å². The molecule has 0 unspecified atom stereocenters. The van der Waals surface area contributed by atoms with E-state index in [4.69, 9.17) is 21.1 Å². The zero-order valence-electron chi connectivity index (χ0n) is 18.9. The minimum absolute atomic E-state index is 0.0581. The summed E-state index contributed by atoms with van der Waals surface area (Å²) in [5.41, 5.74) is 0.477. The number of amides is 1. The molecule has 0 atom stereocenters.